The van der Waals surface area contributed by atoms with Crippen molar-refractivity contribution >= 4 is 11.6 Å². The minimum absolute atomic E-state index is 0.185. The topological polar surface area (TPSA) is 29.5 Å². The summed E-state index contributed by atoms with van der Waals surface area (Å²) in [5, 5.41) is 8.63. The van der Waals surface area contributed by atoms with Gasteiger partial charge < -0.3 is 9.84 Å². The molecule has 0 bridgehead atoms. The summed E-state index contributed by atoms with van der Waals surface area (Å²) in [5.41, 5.74) is 0.350. The lowest BCUT2D eigenvalue weighted by molar-refractivity contribution is 0.172. The van der Waals surface area contributed by atoms with Gasteiger partial charge in [-0.15, -0.1) is 0 Å². The number of aliphatic hydroxyl groups is 1. The van der Waals surface area contributed by atoms with Gasteiger partial charge in [0.15, 0.2) is 5.56 Å². The molecule has 1 N–H and O–H groups in total. The molecule has 1 aromatic rings. The van der Waals surface area contributed by atoms with Gasteiger partial charge in [0.1, 0.15) is 5.75 Å². The van der Waals surface area contributed by atoms with Crippen molar-refractivity contribution in [3.63, 3.8) is 0 Å². The molecule has 0 aromatic heterocycles. The molecule has 1 atom stereocenters. The maximum Gasteiger partial charge on any atom is 0.195 e. The third-order valence-corrected chi connectivity index (χ3v) is 1.72. The molecular weight excluding hydrogens is 176 g/mol. The van der Waals surface area contributed by atoms with Gasteiger partial charge in [-0.25, -0.2) is 0 Å². The molecule has 1 aromatic carbocycles. The fourth-order valence-corrected chi connectivity index (χ4v) is 0.960. The van der Waals surface area contributed by atoms with Gasteiger partial charge in [-0.05, 0) is 18.6 Å². The van der Waals surface area contributed by atoms with Gasteiger partial charge in [0.25, 0.3) is 0 Å². The van der Waals surface area contributed by atoms with Gasteiger partial charge in [-0.2, -0.15) is 0 Å². The van der Waals surface area contributed by atoms with Crippen molar-refractivity contribution in [3.05, 3.63) is 29.8 Å². The van der Waals surface area contributed by atoms with E-state index in [4.69, 9.17) is 21.4 Å². The van der Waals surface area contributed by atoms with Crippen molar-refractivity contribution in [3.8, 4) is 5.75 Å². The van der Waals surface area contributed by atoms with Crippen LogP contribution in [0.25, 0.3) is 0 Å². The first-order chi connectivity index (χ1) is 5.74. The molecule has 1 unspecified atom stereocenters. The van der Waals surface area contributed by atoms with Crippen LogP contribution in [0.5, 0.6) is 5.75 Å². The van der Waals surface area contributed by atoms with E-state index in [2.05, 4.69) is 0 Å². The summed E-state index contributed by atoms with van der Waals surface area (Å²) < 4.78 is 5.21. The van der Waals surface area contributed by atoms with Crippen LogP contribution in [0.3, 0.4) is 0 Å². The molecule has 0 saturated heterocycles. The normalized spacial score (nSPS) is 12.6. The largest absolute Gasteiger partial charge is 0.472 e. The quantitative estimate of drug-likeness (QED) is 0.731. The molecule has 66 valence electrons. The van der Waals surface area contributed by atoms with Crippen molar-refractivity contribution in [1.82, 2.24) is 0 Å². The van der Waals surface area contributed by atoms with Gasteiger partial charge in [0, 0.05) is 0 Å². The Bertz CT molecular complexity index is 250. The van der Waals surface area contributed by atoms with E-state index < -0.39 is 5.56 Å². The predicted octanol–water partition coefficient (Wildman–Crippen LogP) is 1.93. The van der Waals surface area contributed by atoms with Crippen LogP contribution >= 0.6 is 11.6 Å². The maximum atomic E-state index is 8.63. The Hall–Kier alpha value is -0.730. The molecule has 0 amide bonds. The van der Waals surface area contributed by atoms with E-state index in [-0.39, 0.29) is 6.61 Å². The Morgan fingerprint density at radius 3 is 2.75 bits per heavy atom. The van der Waals surface area contributed by atoms with E-state index >= 15 is 0 Å². The molecule has 3 heteroatoms. The third-order valence-electron chi connectivity index (χ3n) is 1.49. The van der Waals surface area contributed by atoms with Crippen LogP contribution in [0.2, 0.25) is 0 Å². The highest BCUT2D eigenvalue weighted by atomic mass is 35.5. The summed E-state index contributed by atoms with van der Waals surface area (Å²) in [6, 6.07) is 7.53. The molecule has 0 aliphatic heterocycles. The number of alkyl halides is 1. The summed E-state index contributed by atoms with van der Waals surface area (Å²) in [5.74, 6) is 0.714. The molecule has 0 aliphatic rings. The monoisotopic (exact) mass is 186 g/mol. The number of aliphatic hydroxyl groups excluding tert-OH is 1. The van der Waals surface area contributed by atoms with E-state index in [1.54, 1.807) is 0 Å². The van der Waals surface area contributed by atoms with E-state index in [9.17, 15) is 0 Å². The summed E-state index contributed by atoms with van der Waals surface area (Å²) >= 11 is 5.60. The van der Waals surface area contributed by atoms with E-state index in [0.717, 1.165) is 5.56 Å². The zero-order chi connectivity index (χ0) is 8.97. The van der Waals surface area contributed by atoms with Crippen molar-refractivity contribution in [1.29, 1.82) is 0 Å². The first-order valence-corrected chi connectivity index (χ1v) is 4.15. The number of hydrogen-bond donors (Lipinski definition) is 1. The second-order valence-electron chi connectivity index (χ2n) is 2.48. The number of aryl methyl sites for hydroxylation is 1. The summed E-state index contributed by atoms with van der Waals surface area (Å²) in [7, 11) is 0. The molecular formula is C9H11ClO2. The zero-order valence-corrected chi connectivity index (χ0v) is 7.58. The highest BCUT2D eigenvalue weighted by molar-refractivity contribution is 6.19. The first-order valence-electron chi connectivity index (χ1n) is 3.71. The van der Waals surface area contributed by atoms with Crippen molar-refractivity contribution in [2.24, 2.45) is 0 Å². The van der Waals surface area contributed by atoms with Gasteiger partial charge in [0.2, 0.25) is 0 Å². The van der Waals surface area contributed by atoms with Crippen LogP contribution in [0.1, 0.15) is 5.56 Å². The minimum Gasteiger partial charge on any atom is -0.472 e. The van der Waals surface area contributed by atoms with Crippen LogP contribution in [0, 0.1) is 6.92 Å². The van der Waals surface area contributed by atoms with Crippen molar-refractivity contribution in [2.45, 2.75) is 12.5 Å². The lowest BCUT2D eigenvalue weighted by atomic mass is 10.2. The van der Waals surface area contributed by atoms with Crippen molar-refractivity contribution in [2.75, 3.05) is 6.61 Å². The summed E-state index contributed by atoms with van der Waals surface area (Å²) in [6.45, 7) is 1.74. The Labute approximate surface area is 76.7 Å². The van der Waals surface area contributed by atoms with Crippen LogP contribution in [-0.4, -0.2) is 17.3 Å². The molecule has 2 nitrogen and oxygen atoms in total. The number of benzene rings is 1. The second kappa shape index (κ2) is 4.33. The number of halogens is 1. The molecule has 0 aliphatic carbocycles. The molecule has 0 fully saturated rings. The molecule has 12 heavy (non-hydrogen) atoms. The second-order valence-corrected chi connectivity index (χ2v) is 2.96. The minimum atomic E-state index is -0.661. The highest BCUT2D eigenvalue weighted by Crippen LogP contribution is 2.18. The molecule has 0 spiro atoms. The SMILES string of the molecule is Cc1ccccc1OC(Cl)CO. The average Bonchev–Trinajstić information content (AvgIpc) is 2.09. The Morgan fingerprint density at radius 2 is 2.17 bits per heavy atom. The fraction of sp³-hybridized carbons (Fsp3) is 0.333. The lowest BCUT2D eigenvalue weighted by Gasteiger charge is -2.11. The van der Waals surface area contributed by atoms with Crippen LogP contribution in [0.15, 0.2) is 24.3 Å². The zero-order valence-electron chi connectivity index (χ0n) is 6.83. The fourth-order valence-electron chi connectivity index (χ4n) is 0.864. The molecule has 1 rings (SSSR count). The number of para-hydroxylation sites is 1. The smallest absolute Gasteiger partial charge is 0.195 e. The third kappa shape index (κ3) is 2.40. The van der Waals surface area contributed by atoms with E-state index in [0.29, 0.717) is 5.75 Å². The lowest BCUT2D eigenvalue weighted by Crippen LogP contribution is -2.13. The average molecular weight is 187 g/mol. The Morgan fingerprint density at radius 1 is 1.50 bits per heavy atom. The predicted molar refractivity (Wildman–Crippen MR) is 48.5 cm³/mol. The molecule has 0 radical (unpaired) electrons. The van der Waals surface area contributed by atoms with Gasteiger partial charge in [-0.3, -0.25) is 0 Å². The van der Waals surface area contributed by atoms with Crippen LogP contribution in [0.4, 0.5) is 0 Å². The maximum absolute atomic E-state index is 8.63. The standard InChI is InChI=1S/C9H11ClO2/c1-7-4-2-3-5-8(7)12-9(10)6-11/h2-5,9,11H,6H2,1H3. The van der Waals surface area contributed by atoms with Crippen molar-refractivity contribution < 1.29 is 9.84 Å². The number of hydrogen-bond acceptors (Lipinski definition) is 2. The number of rotatable bonds is 3. The molecule has 0 heterocycles. The Balaban J connectivity index is 2.69. The van der Waals surface area contributed by atoms with Gasteiger partial charge in [-0.1, -0.05) is 29.8 Å². The first kappa shape index (κ1) is 9.36. The van der Waals surface area contributed by atoms with Crippen LogP contribution < -0.4 is 4.74 Å². The summed E-state index contributed by atoms with van der Waals surface area (Å²) in [4.78, 5) is 0. The van der Waals surface area contributed by atoms with Gasteiger partial charge in [0.05, 0.1) is 6.61 Å². The van der Waals surface area contributed by atoms with E-state index in [1.807, 2.05) is 31.2 Å². The van der Waals surface area contributed by atoms with E-state index in [1.165, 1.54) is 0 Å². The molecule has 0 saturated carbocycles. The number of ether oxygens (including phenoxy) is 1. The Kier molecular flexibility index (Phi) is 3.38. The van der Waals surface area contributed by atoms with Gasteiger partial charge >= 0.3 is 0 Å². The van der Waals surface area contributed by atoms with Crippen LogP contribution in [-0.2, 0) is 0 Å². The highest BCUT2D eigenvalue weighted by Gasteiger charge is 2.04. The summed E-state index contributed by atoms with van der Waals surface area (Å²) in [6.07, 6.45) is 0.